The summed E-state index contributed by atoms with van der Waals surface area (Å²) in [6.07, 6.45) is 4.49. The van der Waals surface area contributed by atoms with Crippen molar-refractivity contribution in [3.8, 4) is 0 Å². The molecule has 112 valence electrons. The first-order chi connectivity index (χ1) is 9.67. The minimum atomic E-state index is -0.460. The SMILES string of the molecule is COC(=O)c1ccc(C(C)N2CCCCCC2CO)o1. The summed E-state index contributed by atoms with van der Waals surface area (Å²) < 4.78 is 10.2. The smallest absolute Gasteiger partial charge is 0.373 e. The molecule has 5 heteroatoms. The van der Waals surface area contributed by atoms with Gasteiger partial charge in [0, 0.05) is 6.04 Å². The van der Waals surface area contributed by atoms with E-state index in [1.807, 2.05) is 13.0 Å². The van der Waals surface area contributed by atoms with Gasteiger partial charge in [-0.05, 0) is 38.4 Å². The quantitative estimate of drug-likeness (QED) is 0.858. The Balaban J connectivity index is 2.13. The highest BCUT2D eigenvalue weighted by atomic mass is 16.5. The van der Waals surface area contributed by atoms with Crippen LogP contribution in [0.15, 0.2) is 16.5 Å². The van der Waals surface area contributed by atoms with Crippen molar-refractivity contribution in [1.82, 2.24) is 4.90 Å². The predicted molar refractivity (Wildman–Crippen MR) is 74.5 cm³/mol. The number of nitrogens with zero attached hydrogens (tertiary/aromatic N) is 1. The van der Waals surface area contributed by atoms with Crippen molar-refractivity contribution in [3.05, 3.63) is 23.7 Å². The molecule has 0 aliphatic carbocycles. The molecule has 1 saturated heterocycles. The second-order valence-corrected chi connectivity index (χ2v) is 5.29. The van der Waals surface area contributed by atoms with E-state index in [1.54, 1.807) is 6.07 Å². The molecule has 0 amide bonds. The summed E-state index contributed by atoms with van der Waals surface area (Å²) in [5.41, 5.74) is 0. The lowest BCUT2D eigenvalue weighted by Gasteiger charge is -2.33. The van der Waals surface area contributed by atoms with Crippen molar-refractivity contribution in [2.24, 2.45) is 0 Å². The monoisotopic (exact) mass is 281 g/mol. The maximum Gasteiger partial charge on any atom is 0.373 e. The van der Waals surface area contributed by atoms with Gasteiger partial charge < -0.3 is 14.3 Å². The van der Waals surface area contributed by atoms with E-state index in [9.17, 15) is 9.90 Å². The molecule has 1 fully saturated rings. The van der Waals surface area contributed by atoms with Crippen LogP contribution in [0.4, 0.5) is 0 Å². The molecule has 5 nitrogen and oxygen atoms in total. The van der Waals surface area contributed by atoms with Crippen LogP contribution < -0.4 is 0 Å². The van der Waals surface area contributed by atoms with E-state index in [0.717, 1.165) is 31.6 Å². The number of aliphatic hydroxyl groups is 1. The fourth-order valence-electron chi connectivity index (χ4n) is 2.86. The molecular weight excluding hydrogens is 258 g/mol. The van der Waals surface area contributed by atoms with Gasteiger partial charge in [-0.2, -0.15) is 0 Å². The molecule has 0 spiro atoms. The third kappa shape index (κ3) is 3.22. The van der Waals surface area contributed by atoms with Gasteiger partial charge in [-0.3, -0.25) is 4.90 Å². The normalized spacial score (nSPS) is 22.2. The van der Waals surface area contributed by atoms with Crippen LogP contribution in [-0.4, -0.2) is 42.3 Å². The second kappa shape index (κ2) is 6.90. The van der Waals surface area contributed by atoms with Gasteiger partial charge >= 0.3 is 5.97 Å². The largest absolute Gasteiger partial charge is 0.463 e. The van der Waals surface area contributed by atoms with Crippen molar-refractivity contribution >= 4 is 5.97 Å². The Morgan fingerprint density at radius 2 is 2.30 bits per heavy atom. The number of hydrogen-bond donors (Lipinski definition) is 1. The molecule has 1 aromatic rings. The first-order valence-corrected chi connectivity index (χ1v) is 7.22. The maximum atomic E-state index is 11.4. The molecule has 1 aliphatic rings. The van der Waals surface area contributed by atoms with Crippen LogP contribution in [0.2, 0.25) is 0 Å². The standard InChI is InChI=1S/C15H23NO4/c1-11(13-7-8-14(20-13)15(18)19-2)16-9-5-3-4-6-12(16)10-17/h7-8,11-12,17H,3-6,9-10H2,1-2H3. The zero-order valence-corrected chi connectivity index (χ0v) is 12.2. The Morgan fingerprint density at radius 3 is 3.00 bits per heavy atom. The third-order valence-electron chi connectivity index (χ3n) is 4.06. The molecule has 2 rings (SSSR count). The Kier molecular flexibility index (Phi) is 5.20. The summed E-state index contributed by atoms with van der Waals surface area (Å²) >= 11 is 0. The molecule has 2 unspecified atom stereocenters. The number of furan rings is 1. The summed E-state index contributed by atoms with van der Waals surface area (Å²) in [6, 6.07) is 3.67. The zero-order valence-electron chi connectivity index (χ0n) is 12.2. The average Bonchev–Trinajstić information content (AvgIpc) is 2.84. The van der Waals surface area contributed by atoms with Gasteiger partial charge in [-0.25, -0.2) is 4.79 Å². The molecule has 1 N–H and O–H groups in total. The number of methoxy groups -OCH3 is 1. The Morgan fingerprint density at radius 1 is 1.50 bits per heavy atom. The van der Waals surface area contributed by atoms with Gasteiger partial charge in [0.2, 0.25) is 5.76 Å². The summed E-state index contributed by atoms with van der Waals surface area (Å²) in [6.45, 7) is 3.16. The van der Waals surface area contributed by atoms with E-state index in [4.69, 9.17) is 4.42 Å². The first-order valence-electron chi connectivity index (χ1n) is 7.22. The molecule has 0 aromatic carbocycles. The Hall–Kier alpha value is -1.33. The molecule has 20 heavy (non-hydrogen) atoms. The Bertz CT molecular complexity index is 443. The van der Waals surface area contributed by atoms with Crippen LogP contribution >= 0.6 is 0 Å². The number of carbonyl (C=O) groups is 1. The van der Waals surface area contributed by atoms with E-state index in [1.165, 1.54) is 13.5 Å². The lowest BCUT2D eigenvalue weighted by molar-refractivity contribution is 0.0547. The maximum absolute atomic E-state index is 11.4. The van der Waals surface area contributed by atoms with Gasteiger partial charge in [0.1, 0.15) is 5.76 Å². The molecule has 1 aliphatic heterocycles. The summed E-state index contributed by atoms with van der Waals surface area (Å²) in [5, 5.41) is 9.57. The topological polar surface area (TPSA) is 62.9 Å². The van der Waals surface area contributed by atoms with Crippen molar-refractivity contribution in [3.63, 3.8) is 0 Å². The highest BCUT2D eigenvalue weighted by molar-refractivity contribution is 5.86. The van der Waals surface area contributed by atoms with E-state index in [0.29, 0.717) is 0 Å². The minimum Gasteiger partial charge on any atom is -0.463 e. The van der Waals surface area contributed by atoms with Crippen LogP contribution in [0.1, 0.15) is 55.0 Å². The lowest BCUT2D eigenvalue weighted by Crippen LogP contribution is -2.39. The molecule has 0 bridgehead atoms. The van der Waals surface area contributed by atoms with Crippen LogP contribution in [0.5, 0.6) is 0 Å². The van der Waals surface area contributed by atoms with E-state index in [-0.39, 0.29) is 24.5 Å². The number of ether oxygens (including phenoxy) is 1. The fraction of sp³-hybridized carbons (Fsp3) is 0.667. The average molecular weight is 281 g/mol. The highest BCUT2D eigenvalue weighted by Crippen LogP contribution is 2.28. The zero-order chi connectivity index (χ0) is 14.5. The van der Waals surface area contributed by atoms with Crippen molar-refractivity contribution in [2.45, 2.75) is 44.7 Å². The van der Waals surface area contributed by atoms with Gasteiger partial charge in [0.05, 0.1) is 19.8 Å². The van der Waals surface area contributed by atoms with E-state index in [2.05, 4.69) is 9.64 Å². The minimum absolute atomic E-state index is 0.0451. The number of rotatable bonds is 4. The molecular formula is C15H23NO4. The van der Waals surface area contributed by atoms with Crippen molar-refractivity contribution in [2.75, 3.05) is 20.3 Å². The molecule has 0 saturated carbocycles. The number of esters is 1. The van der Waals surface area contributed by atoms with E-state index < -0.39 is 5.97 Å². The molecule has 2 atom stereocenters. The molecule has 2 heterocycles. The van der Waals surface area contributed by atoms with Crippen LogP contribution in [-0.2, 0) is 4.74 Å². The first kappa shape index (κ1) is 15.1. The van der Waals surface area contributed by atoms with Gasteiger partial charge in [-0.1, -0.05) is 12.8 Å². The Labute approximate surface area is 119 Å². The third-order valence-corrected chi connectivity index (χ3v) is 4.06. The predicted octanol–water partition coefficient (Wildman–Crippen LogP) is 2.36. The van der Waals surface area contributed by atoms with E-state index >= 15 is 0 Å². The van der Waals surface area contributed by atoms with Gasteiger partial charge in [0.15, 0.2) is 0 Å². The lowest BCUT2D eigenvalue weighted by atomic mass is 10.1. The molecule has 1 aromatic heterocycles. The number of hydrogen-bond acceptors (Lipinski definition) is 5. The van der Waals surface area contributed by atoms with Gasteiger partial charge in [0.25, 0.3) is 0 Å². The van der Waals surface area contributed by atoms with Crippen molar-refractivity contribution in [1.29, 1.82) is 0 Å². The number of aliphatic hydroxyl groups excluding tert-OH is 1. The number of carbonyl (C=O) groups excluding carboxylic acids is 1. The van der Waals surface area contributed by atoms with Crippen LogP contribution in [0.3, 0.4) is 0 Å². The fourth-order valence-corrected chi connectivity index (χ4v) is 2.86. The highest BCUT2D eigenvalue weighted by Gasteiger charge is 2.27. The van der Waals surface area contributed by atoms with Crippen LogP contribution in [0, 0.1) is 0 Å². The molecule has 0 radical (unpaired) electrons. The summed E-state index contributed by atoms with van der Waals surface area (Å²) in [5.74, 6) is 0.508. The van der Waals surface area contributed by atoms with Crippen molar-refractivity contribution < 1.29 is 19.1 Å². The van der Waals surface area contributed by atoms with Gasteiger partial charge in [-0.15, -0.1) is 0 Å². The summed E-state index contributed by atoms with van der Waals surface area (Å²) in [4.78, 5) is 13.7. The number of likely N-dealkylation sites (tertiary alicyclic amines) is 1. The second-order valence-electron chi connectivity index (χ2n) is 5.29. The summed E-state index contributed by atoms with van der Waals surface area (Å²) in [7, 11) is 1.34. The van der Waals surface area contributed by atoms with Crippen LogP contribution in [0.25, 0.3) is 0 Å².